The van der Waals surface area contributed by atoms with Crippen LogP contribution in [0.4, 0.5) is 0 Å². The van der Waals surface area contributed by atoms with Gasteiger partial charge in [0.15, 0.2) is 0 Å². The Kier molecular flexibility index (Phi) is 5.15. The molecule has 2 N–H and O–H groups in total. The molecule has 0 saturated carbocycles. The van der Waals surface area contributed by atoms with Crippen molar-refractivity contribution in [1.29, 1.82) is 0 Å². The number of para-hydroxylation sites is 1. The van der Waals surface area contributed by atoms with Crippen molar-refractivity contribution in [3.05, 3.63) is 29.8 Å². The van der Waals surface area contributed by atoms with Crippen LogP contribution in [0.25, 0.3) is 0 Å². The van der Waals surface area contributed by atoms with E-state index in [1.165, 1.54) is 0 Å². The van der Waals surface area contributed by atoms with Gasteiger partial charge in [-0.3, -0.25) is 0 Å². The molecule has 0 bridgehead atoms. The summed E-state index contributed by atoms with van der Waals surface area (Å²) in [5.74, 6) is 0.709. The number of ether oxygens (including phenoxy) is 1. The molecular formula is C12H18O3. The van der Waals surface area contributed by atoms with E-state index in [4.69, 9.17) is 9.84 Å². The normalized spacial score (nSPS) is 12.5. The smallest absolute Gasteiger partial charge is 0.125 e. The van der Waals surface area contributed by atoms with E-state index in [1.807, 2.05) is 31.2 Å². The number of rotatable bonds is 6. The van der Waals surface area contributed by atoms with E-state index in [9.17, 15) is 5.11 Å². The Labute approximate surface area is 90.3 Å². The Morgan fingerprint density at radius 2 is 2.07 bits per heavy atom. The first-order chi connectivity index (χ1) is 7.29. The minimum atomic E-state index is -0.477. The zero-order valence-corrected chi connectivity index (χ0v) is 9.02. The summed E-state index contributed by atoms with van der Waals surface area (Å²) in [6.45, 7) is 2.53. The van der Waals surface area contributed by atoms with Gasteiger partial charge < -0.3 is 14.9 Å². The average Bonchev–Trinajstić information content (AvgIpc) is 2.29. The number of hydrogen-bond donors (Lipinski definition) is 2. The lowest BCUT2D eigenvalue weighted by Gasteiger charge is -2.14. The largest absolute Gasteiger partial charge is 0.493 e. The highest BCUT2D eigenvalue weighted by Gasteiger charge is 2.10. The van der Waals surface area contributed by atoms with Gasteiger partial charge in [-0.05, 0) is 12.5 Å². The molecule has 3 nitrogen and oxygen atoms in total. The van der Waals surface area contributed by atoms with Crippen molar-refractivity contribution in [2.24, 2.45) is 0 Å². The maximum Gasteiger partial charge on any atom is 0.125 e. The van der Waals surface area contributed by atoms with Gasteiger partial charge in [0.05, 0.1) is 12.7 Å². The van der Waals surface area contributed by atoms with Gasteiger partial charge in [0.25, 0.3) is 0 Å². The molecule has 1 aromatic rings. The number of aliphatic hydroxyl groups is 2. The van der Waals surface area contributed by atoms with Crippen LogP contribution in [0.1, 0.15) is 31.4 Å². The number of aliphatic hydroxyl groups excluding tert-OH is 2. The standard InChI is InChI=1S/C12H18O3/c1-2-11(14)10-6-3-4-7-12(10)15-9-5-8-13/h3-4,6-7,11,13-14H,2,5,8-9H2,1H3/t11-/m0/s1. The molecule has 0 spiro atoms. The van der Waals surface area contributed by atoms with Crippen LogP contribution in [0.3, 0.4) is 0 Å². The van der Waals surface area contributed by atoms with Crippen molar-refractivity contribution in [2.75, 3.05) is 13.2 Å². The second kappa shape index (κ2) is 6.43. The summed E-state index contributed by atoms with van der Waals surface area (Å²) in [5, 5.41) is 18.4. The van der Waals surface area contributed by atoms with Crippen molar-refractivity contribution in [2.45, 2.75) is 25.9 Å². The van der Waals surface area contributed by atoms with E-state index in [2.05, 4.69) is 0 Å². The predicted molar refractivity (Wildman–Crippen MR) is 58.9 cm³/mol. The fraction of sp³-hybridized carbons (Fsp3) is 0.500. The van der Waals surface area contributed by atoms with Crippen molar-refractivity contribution in [3.8, 4) is 5.75 Å². The molecule has 0 aromatic heterocycles. The summed E-state index contributed by atoms with van der Waals surface area (Å²) >= 11 is 0. The van der Waals surface area contributed by atoms with Gasteiger partial charge in [-0.2, -0.15) is 0 Å². The maximum absolute atomic E-state index is 9.74. The fourth-order valence-corrected chi connectivity index (χ4v) is 1.35. The van der Waals surface area contributed by atoms with Crippen molar-refractivity contribution in [1.82, 2.24) is 0 Å². The van der Waals surface area contributed by atoms with Gasteiger partial charge in [0.2, 0.25) is 0 Å². The molecule has 0 unspecified atom stereocenters. The summed E-state index contributed by atoms with van der Waals surface area (Å²) in [4.78, 5) is 0. The average molecular weight is 210 g/mol. The molecule has 3 heteroatoms. The molecule has 0 aliphatic heterocycles. The third-order valence-corrected chi connectivity index (χ3v) is 2.22. The van der Waals surface area contributed by atoms with E-state index >= 15 is 0 Å². The molecule has 0 saturated heterocycles. The lowest BCUT2D eigenvalue weighted by molar-refractivity contribution is 0.165. The second-order valence-corrected chi connectivity index (χ2v) is 3.39. The number of benzene rings is 1. The van der Waals surface area contributed by atoms with Crippen LogP contribution < -0.4 is 4.74 Å². The third-order valence-electron chi connectivity index (χ3n) is 2.22. The monoisotopic (exact) mass is 210 g/mol. The molecule has 1 rings (SSSR count). The van der Waals surface area contributed by atoms with Crippen LogP contribution in [0.15, 0.2) is 24.3 Å². The Balaban J connectivity index is 2.68. The van der Waals surface area contributed by atoms with Crippen LogP contribution in [0, 0.1) is 0 Å². The topological polar surface area (TPSA) is 49.7 Å². The van der Waals surface area contributed by atoms with Crippen LogP contribution in [-0.2, 0) is 0 Å². The molecule has 0 amide bonds. The molecule has 84 valence electrons. The molecule has 0 radical (unpaired) electrons. The van der Waals surface area contributed by atoms with E-state index in [-0.39, 0.29) is 6.61 Å². The Bertz CT molecular complexity index is 286. The fourth-order valence-electron chi connectivity index (χ4n) is 1.35. The molecule has 15 heavy (non-hydrogen) atoms. The molecule has 1 atom stereocenters. The van der Waals surface area contributed by atoms with Crippen molar-refractivity contribution >= 4 is 0 Å². The van der Waals surface area contributed by atoms with E-state index in [0.717, 1.165) is 5.56 Å². The third kappa shape index (κ3) is 3.53. The maximum atomic E-state index is 9.74. The minimum Gasteiger partial charge on any atom is -0.493 e. The van der Waals surface area contributed by atoms with Gasteiger partial charge in [0, 0.05) is 18.6 Å². The quantitative estimate of drug-likeness (QED) is 0.705. The van der Waals surface area contributed by atoms with Gasteiger partial charge in [0.1, 0.15) is 5.75 Å². The zero-order chi connectivity index (χ0) is 11.1. The molecule has 0 fully saturated rings. The first-order valence-electron chi connectivity index (χ1n) is 5.30. The van der Waals surface area contributed by atoms with Gasteiger partial charge >= 0.3 is 0 Å². The number of hydrogen-bond acceptors (Lipinski definition) is 3. The minimum absolute atomic E-state index is 0.124. The highest BCUT2D eigenvalue weighted by Crippen LogP contribution is 2.26. The van der Waals surface area contributed by atoms with Gasteiger partial charge in [-0.15, -0.1) is 0 Å². The summed E-state index contributed by atoms with van der Waals surface area (Å²) in [6, 6.07) is 7.46. The molecule has 0 aliphatic rings. The summed E-state index contributed by atoms with van der Waals surface area (Å²) in [7, 11) is 0. The molecule has 1 aromatic carbocycles. The Morgan fingerprint density at radius 3 is 2.73 bits per heavy atom. The lowest BCUT2D eigenvalue weighted by Crippen LogP contribution is -2.04. The van der Waals surface area contributed by atoms with E-state index in [1.54, 1.807) is 0 Å². The predicted octanol–water partition coefficient (Wildman–Crippen LogP) is 1.89. The molecular weight excluding hydrogens is 192 g/mol. The second-order valence-electron chi connectivity index (χ2n) is 3.39. The van der Waals surface area contributed by atoms with Crippen LogP contribution in [0.2, 0.25) is 0 Å². The first-order valence-corrected chi connectivity index (χ1v) is 5.30. The lowest BCUT2D eigenvalue weighted by atomic mass is 10.1. The van der Waals surface area contributed by atoms with Crippen LogP contribution in [-0.4, -0.2) is 23.4 Å². The van der Waals surface area contributed by atoms with Gasteiger partial charge in [-0.1, -0.05) is 25.1 Å². The SMILES string of the molecule is CC[C@H](O)c1ccccc1OCCCO. The van der Waals surface area contributed by atoms with Crippen LogP contribution >= 0.6 is 0 Å². The highest BCUT2D eigenvalue weighted by molar-refractivity contribution is 5.34. The Hall–Kier alpha value is -1.06. The molecule has 0 aliphatic carbocycles. The Morgan fingerprint density at radius 1 is 1.33 bits per heavy atom. The summed E-state index contributed by atoms with van der Waals surface area (Å²) in [6.07, 6.45) is 0.798. The van der Waals surface area contributed by atoms with E-state index < -0.39 is 6.10 Å². The molecule has 0 heterocycles. The first kappa shape index (κ1) is 12.0. The van der Waals surface area contributed by atoms with E-state index in [0.29, 0.717) is 25.2 Å². The highest BCUT2D eigenvalue weighted by atomic mass is 16.5. The summed E-state index contributed by atoms with van der Waals surface area (Å²) < 4.78 is 5.48. The summed E-state index contributed by atoms with van der Waals surface area (Å²) in [5.41, 5.74) is 0.818. The van der Waals surface area contributed by atoms with Gasteiger partial charge in [-0.25, -0.2) is 0 Å². The van der Waals surface area contributed by atoms with Crippen molar-refractivity contribution in [3.63, 3.8) is 0 Å². The zero-order valence-electron chi connectivity index (χ0n) is 9.02. The van der Waals surface area contributed by atoms with Crippen LogP contribution in [0.5, 0.6) is 5.75 Å². The van der Waals surface area contributed by atoms with Crippen molar-refractivity contribution < 1.29 is 14.9 Å².